The monoisotopic (exact) mass is 292 g/mol. The summed E-state index contributed by atoms with van der Waals surface area (Å²) < 4.78 is 0. The van der Waals surface area contributed by atoms with E-state index in [2.05, 4.69) is 0 Å². The number of hydrogen-bond acceptors (Lipinski definition) is 4. The van der Waals surface area contributed by atoms with Gasteiger partial charge in [0, 0.05) is 0 Å². The van der Waals surface area contributed by atoms with Crippen LogP contribution in [0.4, 0.5) is 0 Å². The first-order chi connectivity index (χ1) is 7.43. The van der Waals surface area contributed by atoms with Crippen molar-refractivity contribution in [3.05, 3.63) is 0 Å². The van der Waals surface area contributed by atoms with E-state index in [4.69, 9.17) is 0 Å². The molecule has 6 heteroatoms. The molecule has 2 amide bonds. The molecule has 90 valence electrons. The number of likely N-dealkylation sites (tertiary alicyclic amines) is 1. The summed E-state index contributed by atoms with van der Waals surface area (Å²) in [5.41, 5.74) is 0. The fourth-order valence-corrected chi connectivity index (χ4v) is 3.26. The molecule has 0 bridgehead atoms. The van der Waals surface area contributed by atoms with Crippen LogP contribution in [0.3, 0.4) is 0 Å². The van der Waals surface area contributed by atoms with Crippen LogP contribution < -0.4 is 5.11 Å². The molecule has 0 aromatic rings. The average molecular weight is 291 g/mol. The van der Waals surface area contributed by atoms with Gasteiger partial charge in [-0.05, 0) is 0 Å². The van der Waals surface area contributed by atoms with Crippen LogP contribution in [0, 0.1) is 0 Å². The molecule has 1 aliphatic rings. The van der Waals surface area contributed by atoms with Gasteiger partial charge in [0.25, 0.3) is 0 Å². The van der Waals surface area contributed by atoms with Gasteiger partial charge in [-0.1, -0.05) is 0 Å². The standard InChI is InChI=1S/C10H15NO4Se/c1-6(2)16-5-7(10(14)15)11-8(12)3-4-9(11)13/h6-7H,3-5H2,1-2H3,(H,14,15)/p-1. The van der Waals surface area contributed by atoms with Crippen molar-refractivity contribution in [2.24, 2.45) is 0 Å². The van der Waals surface area contributed by atoms with Gasteiger partial charge in [-0.3, -0.25) is 0 Å². The van der Waals surface area contributed by atoms with Crippen molar-refractivity contribution in [1.29, 1.82) is 0 Å². The first-order valence-corrected chi connectivity index (χ1v) is 7.31. The summed E-state index contributed by atoms with van der Waals surface area (Å²) in [7, 11) is 0. The summed E-state index contributed by atoms with van der Waals surface area (Å²) in [6, 6.07) is -1.06. The van der Waals surface area contributed by atoms with E-state index in [-0.39, 0.29) is 27.8 Å². The van der Waals surface area contributed by atoms with Gasteiger partial charge in [0.1, 0.15) is 0 Å². The van der Waals surface area contributed by atoms with Crippen LogP contribution in [-0.4, -0.2) is 43.7 Å². The number of carbonyl (C=O) groups is 3. The quantitative estimate of drug-likeness (QED) is 0.491. The Hall–Kier alpha value is -0.871. The molecule has 0 radical (unpaired) electrons. The van der Waals surface area contributed by atoms with E-state index in [1.165, 1.54) is 0 Å². The van der Waals surface area contributed by atoms with Gasteiger partial charge in [-0.25, -0.2) is 0 Å². The molecule has 1 unspecified atom stereocenters. The molecule has 1 rings (SSSR count). The Morgan fingerprint density at radius 3 is 2.25 bits per heavy atom. The van der Waals surface area contributed by atoms with Crippen molar-refractivity contribution in [3.8, 4) is 0 Å². The number of rotatable bonds is 5. The summed E-state index contributed by atoms with van der Waals surface area (Å²) in [5.74, 6) is -2.11. The zero-order chi connectivity index (χ0) is 12.3. The van der Waals surface area contributed by atoms with E-state index in [0.717, 1.165) is 4.90 Å². The zero-order valence-corrected chi connectivity index (χ0v) is 11.0. The van der Waals surface area contributed by atoms with E-state index in [1.54, 1.807) is 0 Å². The molecule has 0 aliphatic carbocycles. The predicted molar refractivity (Wildman–Crippen MR) is 55.5 cm³/mol. The topological polar surface area (TPSA) is 77.5 Å². The Labute approximate surface area is 100 Å². The van der Waals surface area contributed by atoms with Crippen molar-refractivity contribution >= 4 is 32.7 Å². The van der Waals surface area contributed by atoms with Crippen LogP contribution in [0.2, 0.25) is 10.1 Å². The number of imide groups is 1. The normalized spacial score (nSPS) is 18.3. The Bertz CT molecular complexity index is 300. The second kappa shape index (κ2) is 5.46. The number of amides is 2. The van der Waals surface area contributed by atoms with E-state index >= 15 is 0 Å². The third kappa shape index (κ3) is 3.06. The fourth-order valence-electron chi connectivity index (χ4n) is 1.47. The molecular weight excluding hydrogens is 277 g/mol. The summed E-state index contributed by atoms with van der Waals surface area (Å²) in [4.78, 5) is 35.0. The molecule has 0 spiro atoms. The first-order valence-electron chi connectivity index (χ1n) is 5.11. The number of aliphatic carboxylic acids is 1. The minimum atomic E-state index is -1.33. The van der Waals surface area contributed by atoms with Crippen molar-refractivity contribution < 1.29 is 19.5 Å². The van der Waals surface area contributed by atoms with E-state index < -0.39 is 23.8 Å². The molecule has 16 heavy (non-hydrogen) atoms. The predicted octanol–water partition coefficient (Wildman–Crippen LogP) is -0.795. The number of carboxylic acid groups (broad SMARTS) is 1. The Balaban J connectivity index is 2.73. The number of hydrogen-bond donors (Lipinski definition) is 0. The maximum atomic E-state index is 11.4. The Morgan fingerprint density at radius 2 is 1.88 bits per heavy atom. The molecule has 1 saturated heterocycles. The molecule has 0 aromatic heterocycles. The van der Waals surface area contributed by atoms with Gasteiger partial charge < -0.3 is 0 Å². The minimum absolute atomic E-state index is 0.0912. The average Bonchev–Trinajstić information content (AvgIpc) is 2.48. The summed E-state index contributed by atoms with van der Waals surface area (Å²) in [6.07, 6.45) is 0.245. The third-order valence-electron chi connectivity index (χ3n) is 2.26. The number of nitrogens with zero attached hydrogens (tertiary/aromatic N) is 1. The van der Waals surface area contributed by atoms with Gasteiger partial charge in [0.05, 0.1) is 0 Å². The fraction of sp³-hybridized carbons (Fsp3) is 0.700. The van der Waals surface area contributed by atoms with E-state index in [0.29, 0.717) is 10.1 Å². The summed E-state index contributed by atoms with van der Waals surface area (Å²) >= 11 is 0.0912. The van der Waals surface area contributed by atoms with Gasteiger partial charge >= 0.3 is 100.0 Å². The molecule has 1 aliphatic heterocycles. The van der Waals surface area contributed by atoms with Gasteiger partial charge in [-0.2, -0.15) is 0 Å². The molecular formula is C10H14NO4Se-. The number of carbonyl (C=O) groups excluding carboxylic acids is 3. The molecule has 5 nitrogen and oxygen atoms in total. The second-order valence-electron chi connectivity index (χ2n) is 3.87. The van der Waals surface area contributed by atoms with Crippen LogP contribution in [0.15, 0.2) is 0 Å². The summed E-state index contributed by atoms with van der Waals surface area (Å²) in [5, 5.41) is 11.3. The first kappa shape index (κ1) is 13.2. The molecule has 0 aromatic carbocycles. The molecule has 0 saturated carbocycles. The molecule has 0 N–H and O–H groups in total. The summed E-state index contributed by atoms with van der Waals surface area (Å²) in [6.45, 7) is 3.97. The Morgan fingerprint density at radius 1 is 1.38 bits per heavy atom. The van der Waals surface area contributed by atoms with Crippen molar-refractivity contribution in [3.63, 3.8) is 0 Å². The Kier molecular flexibility index (Phi) is 4.50. The van der Waals surface area contributed by atoms with Crippen LogP contribution in [0.1, 0.15) is 26.7 Å². The molecule has 1 fully saturated rings. The second-order valence-corrected chi connectivity index (χ2v) is 7.25. The van der Waals surface area contributed by atoms with Crippen LogP contribution in [0.25, 0.3) is 0 Å². The number of carboxylic acids is 1. The van der Waals surface area contributed by atoms with Gasteiger partial charge in [0.15, 0.2) is 0 Å². The maximum absolute atomic E-state index is 11.4. The molecule has 1 atom stereocenters. The third-order valence-corrected chi connectivity index (χ3v) is 4.73. The van der Waals surface area contributed by atoms with E-state index in [9.17, 15) is 19.5 Å². The van der Waals surface area contributed by atoms with Crippen LogP contribution >= 0.6 is 0 Å². The van der Waals surface area contributed by atoms with Gasteiger partial charge in [-0.15, -0.1) is 0 Å². The SMILES string of the molecule is CC(C)[Se]CC(C(=O)[O-])N1C(=O)CCC1=O. The van der Waals surface area contributed by atoms with Crippen LogP contribution in [-0.2, 0) is 14.4 Å². The molecule has 1 heterocycles. The van der Waals surface area contributed by atoms with Crippen molar-refractivity contribution in [1.82, 2.24) is 4.90 Å². The van der Waals surface area contributed by atoms with Crippen molar-refractivity contribution in [2.45, 2.75) is 42.9 Å². The van der Waals surface area contributed by atoms with Crippen LogP contribution in [0.5, 0.6) is 0 Å². The van der Waals surface area contributed by atoms with Gasteiger partial charge in [0.2, 0.25) is 0 Å². The zero-order valence-electron chi connectivity index (χ0n) is 9.26. The van der Waals surface area contributed by atoms with Crippen molar-refractivity contribution in [2.75, 3.05) is 0 Å². The van der Waals surface area contributed by atoms with E-state index in [1.807, 2.05) is 13.8 Å².